The van der Waals surface area contributed by atoms with E-state index in [1.54, 1.807) is 13.8 Å². The Hall–Kier alpha value is -1.09. The minimum Gasteiger partial charge on any atom is -0.463 e. The molecular weight excluding hydrogens is 256 g/mol. The van der Waals surface area contributed by atoms with Crippen LogP contribution in [0.5, 0.6) is 0 Å². The quantitative estimate of drug-likeness (QED) is 0.620. The molecule has 0 saturated heterocycles. The highest BCUT2D eigenvalue weighted by Gasteiger charge is 2.03. The molecule has 0 N–H and O–H groups in total. The summed E-state index contributed by atoms with van der Waals surface area (Å²) < 4.78 is 5.90. The number of hydrogen-bond donors (Lipinski definition) is 0. The molecule has 0 unspecified atom stereocenters. The van der Waals surface area contributed by atoms with Gasteiger partial charge in [-0.15, -0.1) is 0 Å². The standard InChI is InChI=1S/C12H13BrO2/c1-3-15-12(14)9(2)8-10-4-6-11(13)7-5-10/h4-8H,3H2,1-2H3. The van der Waals surface area contributed by atoms with Crippen LogP contribution in [-0.4, -0.2) is 12.6 Å². The van der Waals surface area contributed by atoms with Crippen LogP contribution in [0.3, 0.4) is 0 Å². The number of carbonyl (C=O) groups is 1. The molecule has 0 bridgehead atoms. The number of esters is 1. The summed E-state index contributed by atoms with van der Waals surface area (Å²) in [6.45, 7) is 3.95. The van der Waals surface area contributed by atoms with Gasteiger partial charge in [0.05, 0.1) is 6.61 Å². The van der Waals surface area contributed by atoms with E-state index in [4.69, 9.17) is 4.74 Å². The van der Waals surface area contributed by atoms with Crippen LogP contribution < -0.4 is 0 Å². The summed E-state index contributed by atoms with van der Waals surface area (Å²) in [5, 5.41) is 0. The van der Waals surface area contributed by atoms with Gasteiger partial charge in [-0.25, -0.2) is 4.79 Å². The number of halogens is 1. The van der Waals surface area contributed by atoms with Crippen LogP contribution in [0.25, 0.3) is 6.08 Å². The summed E-state index contributed by atoms with van der Waals surface area (Å²) >= 11 is 3.35. The topological polar surface area (TPSA) is 26.3 Å². The minimum absolute atomic E-state index is 0.264. The number of hydrogen-bond acceptors (Lipinski definition) is 2. The van der Waals surface area contributed by atoms with Gasteiger partial charge in [0.15, 0.2) is 0 Å². The van der Waals surface area contributed by atoms with Gasteiger partial charge in [-0.3, -0.25) is 0 Å². The third kappa shape index (κ3) is 3.88. The lowest BCUT2D eigenvalue weighted by Gasteiger charge is -2.01. The molecule has 1 aromatic rings. The van der Waals surface area contributed by atoms with Crippen molar-refractivity contribution in [1.29, 1.82) is 0 Å². The largest absolute Gasteiger partial charge is 0.463 e. The lowest BCUT2D eigenvalue weighted by Crippen LogP contribution is -2.04. The number of carbonyl (C=O) groups excluding carboxylic acids is 1. The van der Waals surface area contributed by atoms with Gasteiger partial charge in [-0.05, 0) is 37.6 Å². The van der Waals surface area contributed by atoms with Gasteiger partial charge >= 0.3 is 5.97 Å². The van der Waals surface area contributed by atoms with Crippen molar-refractivity contribution < 1.29 is 9.53 Å². The van der Waals surface area contributed by atoms with Crippen LogP contribution in [-0.2, 0) is 9.53 Å². The van der Waals surface area contributed by atoms with E-state index in [0.717, 1.165) is 10.0 Å². The molecular formula is C12H13BrO2. The van der Waals surface area contributed by atoms with Gasteiger partial charge < -0.3 is 4.74 Å². The average Bonchev–Trinajstić information content (AvgIpc) is 2.22. The monoisotopic (exact) mass is 268 g/mol. The summed E-state index contributed by atoms with van der Waals surface area (Å²) in [4.78, 5) is 11.3. The van der Waals surface area contributed by atoms with Gasteiger partial charge in [-0.2, -0.15) is 0 Å². The van der Waals surface area contributed by atoms with Crippen molar-refractivity contribution in [2.45, 2.75) is 13.8 Å². The fourth-order valence-electron chi connectivity index (χ4n) is 1.11. The van der Waals surface area contributed by atoms with Gasteiger partial charge in [0.1, 0.15) is 0 Å². The molecule has 0 heterocycles. The van der Waals surface area contributed by atoms with E-state index in [0.29, 0.717) is 12.2 Å². The van der Waals surface area contributed by atoms with E-state index in [2.05, 4.69) is 15.9 Å². The maximum atomic E-state index is 11.3. The van der Waals surface area contributed by atoms with Crippen molar-refractivity contribution in [1.82, 2.24) is 0 Å². The highest BCUT2D eigenvalue weighted by atomic mass is 79.9. The fourth-order valence-corrected chi connectivity index (χ4v) is 1.38. The number of benzene rings is 1. The molecule has 15 heavy (non-hydrogen) atoms. The second-order valence-electron chi connectivity index (χ2n) is 3.10. The van der Waals surface area contributed by atoms with E-state index in [1.807, 2.05) is 30.3 Å². The van der Waals surface area contributed by atoms with Crippen molar-refractivity contribution in [3.8, 4) is 0 Å². The van der Waals surface area contributed by atoms with Crippen LogP contribution >= 0.6 is 15.9 Å². The highest BCUT2D eigenvalue weighted by molar-refractivity contribution is 9.10. The molecule has 0 spiro atoms. The Bertz CT molecular complexity index is 366. The van der Waals surface area contributed by atoms with Crippen molar-refractivity contribution in [2.24, 2.45) is 0 Å². The van der Waals surface area contributed by atoms with Crippen molar-refractivity contribution >= 4 is 28.0 Å². The van der Waals surface area contributed by atoms with E-state index >= 15 is 0 Å². The predicted molar refractivity (Wildman–Crippen MR) is 64.4 cm³/mol. The molecule has 0 aliphatic heterocycles. The Morgan fingerprint density at radius 3 is 2.53 bits per heavy atom. The van der Waals surface area contributed by atoms with Crippen LogP contribution in [0.1, 0.15) is 19.4 Å². The molecule has 1 rings (SSSR count). The van der Waals surface area contributed by atoms with E-state index in [1.165, 1.54) is 0 Å². The zero-order valence-corrected chi connectivity index (χ0v) is 10.4. The summed E-state index contributed by atoms with van der Waals surface area (Å²) in [5.41, 5.74) is 1.60. The average molecular weight is 269 g/mol. The first kappa shape index (κ1) is 12.0. The summed E-state index contributed by atoms with van der Waals surface area (Å²) in [5.74, 6) is -0.264. The summed E-state index contributed by atoms with van der Waals surface area (Å²) in [6, 6.07) is 7.74. The first-order valence-corrected chi connectivity index (χ1v) is 5.53. The van der Waals surface area contributed by atoms with Gasteiger partial charge in [0.2, 0.25) is 0 Å². The lowest BCUT2D eigenvalue weighted by atomic mass is 10.1. The molecule has 0 aliphatic rings. The Morgan fingerprint density at radius 1 is 1.40 bits per heavy atom. The molecule has 3 heteroatoms. The predicted octanol–water partition coefficient (Wildman–Crippen LogP) is 3.42. The Kier molecular flexibility index (Phi) is 4.56. The fraction of sp³-hybridized carbons (Fsp3) is 0.250. The lowest BCUT2D eigenvalue weighted by molar-refractivity contribution is -0.138. The SMILES string of the molecule is CCOC(=O)C(C)=Cc1ccc(Br)cc1. The zero-order valence-electron chi connectivity index (χ0n) is 8.79. The van der Waals surface area contributed by atoms with Gasteiger partial charge in [0.25, 0.3) is 0 Å². The van der Waals surface area contributed by atoms with E-state index in [-0.39, 0.29) is 5.97 Å². The molecule has 0 aromatic heterocycles. The van der Waals surface area contributed by atoms with E-state index < -0.39 is 0 Å². The summed E-state index contributed by atoms with van der Waals surface area (Å²) in [6.07, 6.45) is 1.81. The molecule has 2 nitrogen and oxygen atoms in total. The van der Waals surface area contributed by atoms with Crippen LogP contribution in [0.4, 0.5) is 0 Å². The Morgan fingerprint density at radius 2 is 2.00 bits per heavy atom. The van der Waals surface area contributed by atoms with E-state index in [9.17, 15) is 4.79 Å². The number of rotatable bonds is 3. The van der Waals surface area contributed by atoms with Crippen molar-refractivity contribution in [3.05, 3.63) is 39.9 Å². The Balaban J connectivity index is 2.78. The minimum atomic E-state index is -0.264. The maximum Gasteiger partial charge on any atom is 0.333 e. The van der Waals surface area contributed by atoms with Gasteiger partial charge in [-0.1, -0.05) is 28.1 Å². The second-order valence-corrected chi connectivity index (χ2v) is 4.02. The molecule has 0 aliphatic carbocycles. The molecule has 0 saturated carbocycles. The first-order chi connectivity index (χ1) is 7.13. The second kappa shape index (κ2) is 5.71. The smallest absolute Gasteiger partial charge is 0.333 e. The van der Waals surface area contributed by atoms with Crippen LogP contribution in [0.2, 0.25) is 0 Å². The third-order valence-electron chi connectivity index (χ3n) is 1.85. The molecule has 0 atom stereocenters. The molecule has 0 amide bonds. The molecule has 80 valence electrons. The van der Waals surface area contributed by atoms with Gasteiger partial charge in [0, 0.05) is 10.0 Å². The molecule has 0 radical (unpaired) electrons. The molecule has 0 fully saturated rings. The normalized spacial score (nSPS) is 11.3. The number of ether oxygens (including phenoxy) is 1. The Labute approximate surface area is 98.1 Å². The van der Waals surface area contributed by atoms with Crippen LogP contribution in [0, 0.1) is 0 Å². The van der Waals surface area contributed by atoms with Crippen molar-refractivity contribution in [3.63, 3.8) is 0 Å². The van der Waals surface area contributed by atoms with Crippen molar-refractivity contribution in [2.75, 3.05) is 6.61 Å². The van der Waals surface area contributed by atoms with Crippen LogP contribution in [0.15, 0.2) is 34.3 Å². The maximum absolute atomic E-state index is 11.3. The zero-order chi connectivity index (χ0) is 11.3. The first-order valence-electron chi connectivity index (χ1n) is 4.74. The summed E-state index contributed by atoms with van der Waals surface area (Å²) in [7, 11) is 0. The third-order valence-corrected chi connectivity index (χ3v) is 2.38. The molecule has 1 aromatic carbocycles. The highest BCUT2D eigenvalue weighted by Crippen LogP contribution is 2.13.